The predicted octanol–water partition coefficient (Wildman–Crippen LogP) is 1.16. The van der Waals surface area contributed by atoms with E-state index in [0.717, 1.165) is 6.07 Å². The molecule has 0 fully saturated rings. The molecule has 1 amide bonds. The number of carbonyl (C=O) groups excluding carboxylic acids is 1. The molecule has 1 aromatic rings. The lowest BCUT2D eigenvalue weighted by molar-refractivity contribution is -0.383. The molecule has 7 heteroatoms. The van der Waals surface area contributed by atoms with Crippen molar-refractivity contribution in [1.82, 2.24) is 4.90 Å². The summed E-state index contributed by atoms with van der Waals surface area (Å²) >= 11 is 0. The summed E-state index contributed by atoms with van der Waals surface area (Å²) in [6.45, 7) is 0.271. The standard InChI is InChI=1S/C11H12N4O3/c1-14(6-2-5-12)11(16)8-3-4-9(13)10(7-8)15(17)18/h3-4,7H,2,6,13H2,1H3. The number of rotatable bonds is 4. The van der Waals surface area contributed by atoms with Crippen LogP contribution in [0.15, 0.2) is 18.2 Å². The number of nitro groups is 1. The van der Waals surface area contributed by atoms with Crippen LogP contribution in [-0.4, -0.2) is 29.3 Å². The van der Waals surface area contributed by atoms with Crippen LogP contribution in [-0.2, 0) is 0 Å². The number of nitrogen functional groups attached to an aromatic ring is 1. The van der Waals surface area contributed by atoms with Gasteiger partial charge in [0.15, 0.2) is 0 Å². The summed E-state index contributed by atoms with van der Waals surface area (Å²) in [7, 11) is 1.53. The molecule has 1 aromatic carbocycles. The quantitative estimate of drug-likeness (QED) is 0.488. The number of hydrogen-bond donors (Lipinski definition) is 1. The molecule has 0 bridgehead atoms. The van der Waals surface area contributed by atoms with Crippen molar-refractivity contribution in [2.24, 2.45) is 0 Å². The number of amides is 1. The van der Waals surface area contributed by atoms with Crippen LogP contribution in [0, 0.1) is 21.4 Å². The van der Waals surface area contributed by atoms with E-state index in [0.29, 0.717) is 0 Å². The summed E-state index contributed by atoms with van der Waals surface area (Å²) < 4.78 is 0. The molecule has 2 N–H and O–H groups in total. The van der Waals surface area contributed by atoms with E-state index in [1.165, 1.54) is 24.1 Å². The fourth-order valence-corrected chi connectivity index (χ4v) is 1.37. The van der Waals surface area contributed by atoms with E-state index in [1.807, 2.05) is 6.07 Å². The maximum absolute atomic E-state index is 11.9. The van der Waals surface area contributed by atoms with Crippen molar-refractivity contribution in [1.29, 1.82) is 5.26 Å². The van der Waals surface area contributed by atoms with Gasteiger partial charge in [0.1, 0.15) is 5.69 Å². The van der Waals surface area contributed by atoms with Gasteiger partial charge in [-0.3, -0.25) is 14.9 Å². The lowest BCUT2D eigenvalue weighted by atomic mass is 10.1. The number of anilines is 1. The van der Waals surface area contributed by atoms with E-state index in [4.69, 9.17) is 11.0 Å². The minimum Gasteiger partial charge on any atom is -0.393 e. The third-order valence-corrected chi connectivity index (χ3v) is 2.38. The summed E-state index contributed by atoms with van der Waals surface area (Å²) in [6.07, 6.45) is 0.208. The maximum atomic E-state index is 11.9. The second-order valence-electron chi connectivity index (χ2n) is 3.67. The maximum Gasteiger partial charge on any atom is 0.292 e. The molecule has 0 heterocycles. The van der Waals surface area contributed by atoms with Crippen LogP contribution in [0.25, 0.3) is 0 Å². The van der Waals surface area contributed by atoms with E-state index in [9.17, 15) is 14.9 Å². The zero-order valence-corrected chi connectivity index (χ0v) is 9.79. The fourth-order valence-electron chi connectivity index (χ4n) is 1.37. The monoisotopic (exact) mass is 248 g/mol. The Hall–Kier alpha value is -2.62. The van der Waals surface area contributed by atoms with Crippen LogP contribution in [0.2, 0.25) is 0 Å². The van der Waals surface area contributed by atoms with Crippen molar-refractivity contribution in [3.63, 3.8) is 0 Å². The molecular weight excluding hydrogens is 236 g/mol. The number of nitriles is 1. The molecule has 0 spiro atoms. The lowest BCUT2D eigenvalue weighted by Crippen LogP contribution is -2.27. The highest BCUT2D eigenvalue weighted by Gasteiger charge is 2.17. The first-order chi connectivity index (χ1) is 8.47. The first-order valence-corrected chi connectivity index (χ1v) is 5.13. The van der Waals surface area contributed by atoms with Crippen molar-refractivity contribution in [2.45, 2.75) is 6.42 Å². The number of carbonyl (C=O) groups is 1. The Morgan fingerprint density at radius 1 is 1.61 bits per heavy atom. The zero-order valence-electron chi connectivity index (χ0n) is 9.79. The Labute approximate surface area is 104 Å². The molecule has 0 aliphatic carbocycles. The average molecular weight is 248 g/mol. The van der Waals surface area contributed by atoms with Gasteiger partial charge in [0, 0.05) is 25.2 Å². The number of nitrogens with zero attached hydrogens (tertiary/aromatic N) is 3. The summed E-state index contributed by atoms with van der Waals surface area (Å²) in [4.78, 5) is 23.3. The van der Waals surface area contributed by atoms with Gasteiger partial charge in [0.05, 0.1) is 17.4 Å². The number of hydrogen-bond acceptors (Lipinski definition) is 5. The first kappa shape index (κ1) is 13.4. The fraction of sp³-hybridized carbons (Fsp3) is 0.273. The predicted molar refractivity (Wildman–Crippen MR) is 64.7 cm³/mol. The summed E-state index contributed by atoms with van der Waals surface area (Å²) in [5.74, 6) is -0.381. The Balaban J connectivity index is 2.97. The van der Waals surface area contributed by atoms with E-state index in [2.05, 4.69) is 0 Å². The molecule has 7 nitrogen and oxygen atoms in total. The SMILES string of the molecule is CN(CCC#N)C(=O)c1ccc(N)c([N+](=O)[O-])c1. The molecule has 0 saturated heterocycles. The summed E-state index contributed by atoms with van der Waals surface area (Å²) in [5, 5.41) is 19.1. The summed E-state index contributed by atoms with van der Waals surface area (Å²) in [6, 6.07) is 5.81. The van der Waals surface area contributed by atoms with E-state index < -0.39 is 4.92 Å². The van der Waals surface area contributed by atoms with Crippen LogP contribution < -0.4 is 5.73 Å². The number of nitro benzene ring substituents is 1. The van der Waals surface area contributed by atoms with Crippen molar-refractivity contribution in [2.75, 3.05) is 19.3 Å². The normalized spacial score (nSPS) is 9.56. The number of benzene rings is 1. The molecule has 0 aromatic heterocycles. The van der Waals surface area contributed by atoms with Gasteiger partial charge < -0.3 is 10.6 Å². The van der Waals surface area contributed by atoms with Gasteiger partial charge in [-0.2, -0.15) is 5.26 Å². The first-order valence-electron chi connectivity index (χ1n) is 5.13. The molecule has 0 radical (unpaired) electrons. The smallest absolute Gasteiger partial charge is 0.292 e. The van der Waals surface area contributed by atoms with Crippen molar-refractivity contribution in [3.8, 4) is 6.07 Å². The summed E-state index contributed by atoms with van der Waals surface area (Å²) in [5.41, 5.74) is 5.33. The van der Waals surface area contributed by atoms with Crippen LogP contribution in [0.5, 0.6) is 0 Å². The Kier molecular flexibility index (Phi) is 4.21. The third kappa shape index (κ3) is 2.95. The van der Waals surface area contributed by atoms with E-state index in [1.54, 1.807) is 0 Å². The molecule has 94 valence electrons. The van der Waals surface area contributed by atoms with Crippen LogP contribution in [0.1, 0.15) is 16.8 Å². The Morgan fingerprint density at radius 2 is 2.28 bits per heavy atom. The highest BCUT2D eigenvalue weighted by molar-refractivity contribution is 5.95. The highest BCUT2D eigenvalue weighted by atomic mass is 16.6. The lowest BCUT2D eigenvalue weighted by Gasteiger charge is -2.15. The van der Waals surface area contributed by atoms with Crippen LogP contribution >= 0.6 is 0 Å². The van der Waals surface area contributed by atoms with Crippen molar-refractivity contribution in [3.05, 3.63) is 33.9 Å². The van der Waals surface area contributed by atoms with E-state index >= 15 is 0 Å². The molecule has 1 rings (SSSR count). The van der Waals surface area contributed by atoms with Gasteiger partial charge in [-0.25, -0.2) is 0 Å². The minimum atomic E-state index is -0.638. The molecule has 0 atom stereocenters. The molecule has 0 saturated carbocycles. The van der Waals surface area contributed by atoms with Crippen molar-refractivity contribution < 1.29 is 9.72 Å². The molecule has 18 heavy (non-hydrogen) atoms. The van der Waals surface area contributed by atoms with Gasteiger partial charge in [-0.05, 0) is 12.1 Å². The van der Waals surface area contributed by atoms with Gasteiger partial charge >= 0.3 is 0 Å². The molecular formula is C11H12N4O3. The molecule has 0 aliphatic heterocycles. The average Bonchev–Trinajstić information content (AvgIpc) is 2.35. The molecule has 0 aliphatic rings. The highest BCUT2D eigenvalue weighted by Crippen LogP contribution is 2.22. The van der Waals surface area contributed by atoms with Crippen molar-refractivity contribution >= 4 is 17.3 Å². The topological polar surface area (TPSA) is 113 Å². The Bertz CT molecular complexity index is 522. The third-order valence-electron chi connectivity index (χ3n) is 2.38. The van der Waals surface area contributed by atoms with Gasteiger partial charge in [0.2, 0.25) is 0 Å². The van der Waals surface area contributed by atoms with Crippen LogP contribution in [0.3, 0.4) is 0 Å². The Morgan fingerprint density at radius 3 is 2.83 bits per heavy atom. The zero-order chi connectivity index (χ0) is 13.7. The second-order valence-corrected chi connectivity index (χ2v) is 3.67. The molecule has 0 unspecified atom stereocenters. The second kappa shape index (κ2) is 5.63. The number of nitrogens with two attached hydrogens (primary N) is 1. The van der Waals surface area contributed by atoms with Gasteiger partial charge in [0.25, 0.3) is 11.6 Å². The van der Waals surface area contributed by atoms with Crippen LogP contribution in [0.4, 0.5) is 11.4 Å². The van der Waals surface area contributed by atoms with Gasteiger partial charge in [-0.15, -0.1) is 0 Å². The largest absolute Gasteiger partial charge is 0.393 e. The van der Waals surface area contributed by atoms with Gasteiger partial charge in [-0.1, -0.05) is 0 Å². The van der Waals surface area contributed by atoms with E-state index in [-0.39, 0.29) is 35.8 Å². The minimum absolute atomic E-state index is 0.0104.